The molecule has 1 aliphatic carbocycles. The van der Waals surface area contributed by atoms with Gasteiger partial charge in [0.05, 0.1) is 26.5 Å². The van der Waals surface area contributed by atoms with Crippen LogP contribution >= 0.6 is 0 Å². The van der Waals surface area contributed by atoms with Crippen LogP contribution in [0.2, 0.25) is 0 Å². The first kappa shape index (κ1) is 23.3. The molecule has 4 aromatic rings. The number of anilines is 1. The summed E-state index contributed by atoms with van der Waals surface area (Å²) in [4.78, 5) is 15.3. The largest absolute Gasteiger partial charge is 0.497 e. The van der Waals surface area contributed by atoms with E-state index in [-0.39, 0.29) is 11.8 Å². The molecule has 188 valence electrons. The van der Waals surface area contributed by atoms with E-state index in [1.165, 1.54) is 22.3 Å². The third-order valence-corrected chi connectivity index (χ3v) is 7.60. The van der Waals surface area contributed by atoms with Crippen molar-refractivity contribution in [2.75, 3.05) is 25.7 Å². The van der Waals surface area contributed by atoms with Gasteiger partial charge in [0.2, 0.25) is 5.91 Å². The van der Waals surface area contributed by atoms with E-state index in [4.69, 9.17) is 14.6 Å². The number of aromatic nitrogens is 2. The van der Waals surface area contributed by atoms with Gasteiger partial charge in [0.1, 0.15) is 11.5 Å². The highest BCUT2D eigenvalue weighted by Gasteiger charge is 2.33. The highest BCUT2D eigenvalue weighted by Crippen LogP contribution is 2.37. The summed E-state index contributed by atoms with van der Waals surface area (Å²) >= 11 is 0. The van der Waals surface area contributed by atoms with Crippen LogP contribution in [0.15, 0.2) is 72.9 Å². The molecule has 0 N–H and O–H groups in total. The van der Waals surface area contributed by atoms with Gasteiger partial charge in [-0.2, -0.15) is 5.10 Å². The number of fused-ring (bicyclic) bond motifs is 3. The summed E-state index contributed by atoms with van der Waals surface area (Å²) in [6, 6.07) is 22.6. The average Bonchev–Trinajstić information content (AvgIpc) is 3.51. The van der Waals surface area contributed by atoms with Gasteiger partial charge >= 0.3 is 0 Å². The normalized spacial score (nSPS) is 16.4. The molecule has 0 saturated carbocycles. The van der Waals surface area contributed by atoms with Crippen molar-refractivity contribution in [2.45, 2.75) is 32.2 Å². The topological polar surface area (TPSA) is 56.6 Å². The van der Waals surface area contributed by atoms with Crippen molar-refractivity contribution in [1.82, 2.24) is 9.78 Å². The minimum absolute atomic E-state index is 0.00549. The molecule has 1 saturated heterocycles. The lowest BCUT2D eigenvalue weighted by Gasteiger charge is -2.21. The third kappa shape index (κ3) is 4.59. The molecule has 2 heterocycles. The van der Waals surface area contributed by atoms with Crippen LogP contribution < -0.4 is 14.4 Å². The number of carbonyl (C=O) groups is 1. The Hall–Kier alpha value is -4.06. The lowest BCUT2D eigenvalue weighted by atomic mass is 9.89. The van der Waals surface area contributed by atoms with Crippen molar-refractivity contribution in [3.05, 3.63) is 95.3 Å². The van der Waals surface area contributed by atoms with Crippen LogP contribution in [0, 0.1) is 5.92 Å². The summed E-state index contributed by atoms with van der Waals surface area (Å²) in [5.41, 5.74) is 8.19. The Morgan fingerprint density at radius 2 is 1.73 bits per heavy atom. The molecule has 1 fully saturated rings. The summed E-state index contributed by atoms with van der Waals surface area (Å²) in [6.45, 7) is 1.48. The molecule has 0 unspecified atom stereocenters. The van der Waals surface area contributed by atoms with Crippen LogP contribution in [0.5, 0.6) is 11.5 Å². The monoisotopic (exact) mass is 493 g/mol. The summed E-state index contributed by atoms with van der Waals surface area (Å²) < 4.78 is 12.6. The van der Waals surface area contributed by atoms with Gasteiger partial charge in [-0.05, 0) is 84.3 Å². The van der Waals surface area contributed by atoms with E-state index >= 15 is 0 Å². The zero-order valence-corrected chi connectivity index (χ0v) is 21.3. The number of benzene rings is 3. The Morgan fingerprint density at radius 3 is 2.54 bits per heavy atom. The molecule has 3 aromatic carbocycles. The quantitative estimate of drug-likeness (QED) is 0.350. The number of nitrogens with zero attached hydrogens (tertiary/aromatic N) is 3. The molecule has 0 spiro atoms. The number of hydrogen-bond donors (Lipinski definition) is 0. The van der Waals surface area contributed by atoms with Crippen LogP contribution in [0.1, 0.15) is 28.8 Å². The average molecular weight is 494 g/mol. The van der Waals surface area contributed by atoms with Gasteiger partial charge in [-0.3, -0.25) is 9.48 Å². The molecule has 1 aromatic heterocycles. The Balaban J connectivity index is 1.18. The Bertz CT molecular complexity index is 1440. The fourth-order valence-corrected chi connectivity index (χ4v) is 5.61. The van der Waals surface area contributed by atoms with Gasteiger partial charge in [0.25, 0.3) is 0 Å². The van der Waals surface area contributed by atoms with Crippen LogP contribution in [-0.2, 0) is 30.6 Å². The molecular weight excluding hydrogens is 462 g/mol. The first-order valence-corrected chi connectivity index (χ1v) is 12.9. The molecule has 1 amide bonds. The van der Waals surface area contributed by atoms with Crippen LogP contribution in [0.4, 0.5) is 5.69 Å². The van der Waals surface area contributed by atoms with Crippen molar-refractivity contribution in [1.29, 1.82) is 0 Å². The zero-order chi connectivity index (χ0) is 25.4. The van der Waals surface area contributed by atoms with Gasteiger partial charge in [-0.25, -0.2) is 0 Å². The van der Waals surface area contributed by atoms with E-state index in [2.05, 4.69) is 42.6 Å². The van der Waals surface area contributed by atoms with Crippen molar-refractivity contribution in [2.24, 2.45) is 5.92 Å². The lowest BCUT2D eigenvalue weighted by Crippen LogP contribution is -2.28. The van der Waals surface area contributed by atoms with E-state index in [9.17, 15) is 4.79 Å². The molecule has 0 radical (unpaired) electrons. The van der Waals surface area contributed by atoms with Crippen molar-refractivity contribution in [3.63, 3.8) is 0 Å². The Labute approximate surface area is 217 Å². The van der Waals surface area contributed by atoms with Crippen LogP contribution in [0.25, 0.3) is 11.1 Å². The molecule has 1 atom stereocenters. The molecule has 37 heavy (non-hydrogen) atoms. The summed E-state index contributed by atoms with van der Waals surface area (Å²) in [6.07, 6.45) is 5.62. The highest BCUT2D eigenvalue weighted by molar-refractivity contribution is 5.97. The first-order valence-electron chi connectivity index (χ1n) is 12.9. The molecule has 6 heteroatoms. The molecule has 6 rings (SSSR count). The molecule has 0 bridgehead atoms. The fraction of sp³-hybridized carbons (Fsp3) is 0.290. The maximum absolute atomic E-state index is 13.3. The van der Waals surface area contributed by atoms with Crippen molar-refractivity contribution < 1.29 is 14.3 Å². The van der Waals surface area contributed by atoms with E-state index in [1.54, 1.807) is 14.2 Å². The summed E-state index contributed by atoms with van der Waals surface area (Å²) in [7, 11) is 3.35. The predicted molar refractivity (Wildman–Crippen MR) is 144 cm³/mol. The van der Waals surface area contributed by atoms with Crippen LogP contribution in [0.3, 0.4) is 0 Å². The zero-order valence-electron chi connectivity index (χ0n) is 21.3. The smallest absolute Gasteiger partial charge is 0.230 e. The first-order chi connectivity index (χ1) is 18.1. The van der Waals surface area contributed by atoms with Crippen molar-refractivity contribution >= 4 is 11.6 Å². The second-order valence-electron chi connectivity index (χ2n) is 9.91. The fourth-order valence-electron chi connectivity index (χ4n) is 5.61. The van der Waals surface area contributed by atoms with E-state index < -0.39 is 0 Å². The predicted octanol–water partition coefficient (Wildman–Crippen LogP) is 5.31. The maximum Gasteiger partial charge on any atom is 0.230 e. The van der Waals surface area contributed by atoms with Gasteiger partial charge in [-0.15, -0.1) is 0 Å². The van der Waals surface area contributed by atoms with Gasteiger partial charge < -0.3 is 14.4 Å². The number of ether oxygens (including phenoxy) is 2. The van der Waals surface area contributed by atoms with E-state index in [1.807, 2.05) is 39.9 Å². The van der Waals surface area contributed by atoms with Gasteiger partial charge in [0.15, 0.2) is 0 Å². The number of amides is 1. The summed E-state index contributed by atoms with van der Waals surface area (Å²) in [5, 5.41) is 4.87. The van der Waals surface area contributed by atoms with E-state index in [0.29, 0.717) is 0 Å². The minimum atomic E-state index is 0.00549. The molecular formula is C31H31N3O3. The van der Waals surface area contributed by atoms with Crippen molar-refractivity contribution in [3.8, 4) is 22.6 Å². The van der Waals surface area contributed by atoms with Gasteiger partial charge in [-0.1, -0.05) is 30.3 Å². The Morgan fingerprint density at radius 1 is 0.892 bits per heavy atom. The SMILES string of the molecule is COc1ccc(Cn2cc3c(n2)CCc2cc(N4CC[C@H](Cc5cccc(OC)c5)C4=O)ccc2-3)cc1. The number of rotatable bonds is 7. The standard InChI is InChI=1S/C31H31N3O3/c1-36-26-10-6-21(7-11-26)19-33-20-29-28-12-9-25(18-23(28)8-13-30(29)32-33)34-15-14-24(31(34)35)16-22-4-3-5-27(17-22)37-2/h3-7,9-12,17-18,20,24H,8,13-16,19H2,1-2H3/t24-/m1/s1. The second kappa shape index (κ2) is 9.77. The molecule has 2 aliphatic rings. The Kier molecular flexibility index (Phi) is 6.16. The van der Waals surface area contributed by atoms with Gasteiger partial charge in [0, 0.05) is 29.9 Å². The molecule has 6 nitrogen and oxygen atoms in total. The summed E-state index contributed by atoms with van der Waals surface area (Å²) in [5.74, 6) is 1.91. The molecule has 1 aliphatic heterocycles. The number of carbonyl (C=O) groups excluding carboxylic acids is 1. The minimum Gasteiger partial charge on any atom is -0.497 e. The van der Waals surface area contributed by atoms with Crippen LogP contribution in [-0.4, -0.2) is 36.5 Å². The highest BCUT2D eigenvalue weighted by atomic mass is 16.5. The number of hydrogen-bond acceptors (Lipinski definition) is 4. The lowest BCUT2D eigenvalue weighted by molar-refractivity contribution is -0.120. The number of aryl methyl sites for hydroxylation is 2. The maximum atomic E-state index is 13.3. The second-order valence-corrected chi connectivity index (χ2v) is 9.91. The third-order valence-electron chi connectivity index (χ3n) is 7.60. The number of methoxy groups -OCH3 is 2. The van der Waals surface area contributed by atoms with E-state index in [0.717, 1.165) is 67.2 Å².